The van der Waals surface area contributed by atoms with Gasteiger partial charge < -0.3 is 15.7 Å². The molecule has 0 unspecified atom stereocenters. The number of pyridine rings is 1. The molecule has 3 rings (SSSR count). The van der Waals surface area contributed by atoms with Gasteiger partial charge in [0.05, 0.1) is 5.69 Å². The van der Waals surface area contributed by atoms with Crippen LogP contribution in [-0.2, 0) is 4.79 Å². The average Bonchev–Trinajstić information content (AvgIpc) is 3.06. The Kier molecular flexibility index (Phi) is 9.59. The number of alkyl halides is 2. The Labute approximate surface area is 174 Å². The molecule has 0 saturated carbocycles. The van der Waals surface area contributed by atoms with Crippen LogP contribution in [0.4, 0.5) is 8.78 Å². The first-order chi connectivity index (χ1) is 14.2. The molecule has 6 nitrogen and oxygen atoms in total. The number of rotatable bonds is 3. The first kappa shape index (κ1) is 24.7. The van der Waals surface area contributed by atoms with Crippen LogP contribution < -0.4 is 5.73 Å². The fourth-order valence-corrected chi connectivity index (χ4v) is 2.52. The van der Waals surface area contributed by atoms with Crippen LogP contribution in [0, 0.1) is 12.3 Å². The molecule has 1 fully saturated rings. The number of hydrogen-bond acceptors (Lipinski definition) is 4. The molecular weight excluding hydrogens is 392 g/mol. The molecule has 0 radical (unpaired) electrons. The number of aliphatic hydroxyl groups excluding tert-OH is 1. The van der Waals surface area contributed by atoms with Crippen molar-refractivity contribution in [3.8, 4) is 23.6 Å². The number of primary amides is 1. The molecule has 0 bridgehead atoms. The Morgan fingerprint density at radius 2 is 2.00 bits per heavy atom. The molecule has 2 amide bonds. The molecule has 1 aliphatic rings. The number of hydrogen-bond donors (Lipinski definition) is 2. The van der Waals surface area contributed by atoms with E-state index in [0.717, 1.165) is 6.07 Å². The number of nitrogens with two attached hydrogens (primary N) is 1. The number of halogens is 2. The first-order valence-corrected chi connectivity index (χ1v) is 9.33. The second-order valence-corrected chi connectivity index (χ2v) is 6.13. The lowest BCUT2D eigenvalue weighted by Gasteiger charge is -2.07. The molecule has 1 saturated heterocycles. The van der Waals surface area contributed by atoms with Gasteiger partial charge in [0.25, 0.3) is 18.2 Å². The number of likely N-dealkylation sites (N-methyl/N-ethyl adjacent to an activating group) is 1. The van der Waals surface area contributed by atoms with Crippen LogP contribution >= 0.6 is 0 Å². The SMILES string of the molecule is C#Cc1cccc(-c2cc(C(F)F)cc(C(N)=O)n2)c1.CC.CN1CC[C@H](O)C1=O. The van der Waals surface area contributed by atoms with E-state index >= 15 is 0 Å². The van der Waals surface area contributed by atoms with Crippen LogP contribution in [0.1, 0.15) is 48.3 Å². The molecule has 160 valence electrons. The minimum atomic E-state index is -2.72. The number of carbonyl (C=O) groups is 2. The molecule has 2 aromatic rings. The van der Waals surface area contributed by atoms with Crippen molar-refractivity contribution in [2.45, 2.75) is 32.8 Å². The molecule has 1 aliphatic heterocycles. The molecular formula is C22H25F2N3O3. The summed E-state index contributed by atoms with van der Waals surface area (Å²) in [5, 5.41) is 8.78. The molecule has 1 aromatic heterocycles. The summed E-state index contributed by atoms with van der Waals surface area (Å²) in [6, 6.07) is 8.89. The third-order valence-electron chi connectivity index (χ3n) is 4.08. The van der Waals surface area contributed by atoms with E-state index in [-0.39, 0.29) is 22.9 Å². The number of aromatic nitrogens is 1. The number of nitrogens with zero attached hydrogens (tertiary/aromatic N) is 2. The van der Waals surface area contributed by atoms with Crippen LogP contribution in [0.5, 0.6) is 0 Å². The highest BCUT2D eigenvalue weighted by Crippen LogP contribution is 2.25. The van der Waals surface area contributed by atoms with Gasteiger partial charge in [-0.15, -0.1) is 6.42 Å². The number of carbonyl (C=O) groups excluding carboxylic acids is 2. The van der Waals surface area contributed by atoms with Crippen molar-refractivity contribution in [3.63, 3.8) is 0 Å². The van der Waals surface area contributed by atoms with Gasteiger partial charge in [-0.05, 0) is 30.7 Å². The Balaban J connectivity index is 0.000000375. The van der Waals surface area contributed by atoms with Crippen molar-refractivity contribution in [2.75, 3.05) is 13.6 Å². The van der Waals surface area contributed by atoms with E-state index in [1.165, 1.54) is 11.0 Å². The standard InChI is InChI=1S/C15H10F2N2O.C5H9NO2.C2H6/c1-2-9-4-3-5-10(6-9)12-7-11(14(16)17)8-13(19-12)15(18)20;1-6-3-2-4(7)5(6)8;1-2/h1,3-8,14H,(H2,18,20);4,7H,2-3H2,1H3;1-2H3/t;4-;/m.0./s1. The summed E-state index contributed by atoms with van der Waals surface area (Å²) in [5.74, 6) is 1.44. The molecule has 3 N–H and O–H groups in total. The Hall–Kier alpha value is -3.31. The fraction of sp³-hybridized carbons (Fsp3) is 0.318. The van der Waals surface area contributed by atoms with Crippen molar-refractivity contribution in [2.24, 2.45) is 5.73 Å². The van der Waals surface area contributed by atoms with Crippen molar-refractivity contribution < 1.29 is 23.5 Å². The largest absolute Gasteiger partial charge is 0.383 e. The highest BCUT2D eigenvalue weighted by molar-refractivity contribution is 5.91. The second kappa shape index (κ2) is 11.6. The van der Waals surface area contributed by atoms with Gasteiger partial charge in [0.15, 0.2) is 0 Å². The maximum atomic E-state index is 12.8. The van der Waals surface area contributed by atoms with E-state index < -0.39 is 18.4 Å². The molecule has 0 spiro atoms. The lowest BCUT2D eigenvalue weighted by molar-refractivity contribution is -0.133. The average molecular weight is 417 g/mol. The van der Waals surface area contributed by atoms with Gasteiger partial charge >= 0.3 is 0 Å². The maximum Gasteiger partial charge on any atom is 0.267 e. The Morgan fingerprint density at radius 3 is 2.43 bits per heavy atom. The summed E-state index contributed by atoms with van der Waals surface area (Å²) in [7, 11) is 1.69. The van der Waals surface area contributed by atoms with Gasteiger partial charge in [-0.2, -0.15) is 0 Å². The smallest absolute Gasteiger partial charge is 0.267 e. The molecule has 0 aliphatic carbocycles. The molecule has 2 heterocycles. The summed E-state index contributed by atoms with van der Waals surface area (Å²) in [5.41, 5.74) is 5.96. The molecule has 1 atom stereocenters. The van der Waals surface area contributed by atoms with Crippen LogP contribution in [-0.4, -0.2) is 46.5 Å². The Morgan fingerprint density at radius 1 is 1.33 bits per heavy atom. The summed E-state index contributed by atoms with van der Waals surface area (Å²) < 4.78 is 25.7. The summed E-state index contributed by atoms with van der Waals surface area (Å²) in [4.78, 5) is 27.3. The minimum Gasteiger partial charge on any atom is -0.383 e. The highest BCUT2D eigenvalue weighted by atomic mass is 19.3. The highest BCUT2D eigenvalue weighted by Gasteiger charge is 2.26. The molecule has 1 aromatic carbocycles. The number of aliphatic hydroxyl groups is 1. The monoisotopic (exact) mass is 417 g/mol. The minimum absolute atomic E-state index is 0.148. The number of likely N-dealkylation sites (tertiary alicyclic amines) is 1. The zero-order valence-corrected chi connectivity index (χ0v) is 17.1. The normalized spacial score (nSPS) is 14.9. The Bertz CT molecular complexity index is 914. The zero-order chi connectivity index (χ0) is 22.8. The topological polar surface area (TPSA) is 96.5 Å². The van der Waals surface area contributed by atoms with Crippen LogP contribution in [0.3, 0.4) is 0 Å². The van der Waals surface area contributed by atoms with E-state index in [2.05, 4.69) is 10.9 Å². The summed E-state index contributed by atoms with van der Waals surface area (Å²) >= 11 is 0. The second-order valence-electron chi connectivity index (χ2n) is 6.13. The number of benzene rings is 1. The third kappa shape index (κ3) is 6.64. The van der Waals surface area contributed by atoms with Crippen molar-refractivity contribution in [3.05, 3.63) is 53.2 Å². The van der Waals surface area contributed by atoms with Gasteiger partial charge in [-0.1, -0.05) is 31.9 Å². The number of terminal acetylenes is 1. The van der Waals surface area contributed by atoms with Crippen LogP contribution in [0.15, 0.2) is 36.4 Å². The van der Waals surface area contributed by atoms with Gasteiger partial charge in [-0.3, -0.25) is 9.59 Å². The first-order valence-electron chi connectivity index (χ1n) is 9.33. The predicted molar refractivity (Wildman–Crippen MR) is 111 cm³/mol. The molecule has 8 heteroatoms. The van der Waals surface area contributed by atoms with E-state index in [0.29, 0.717) is 24.1 Å². The summed E-state index contributed by atoms with van der Waals surface area (Å²) in [6.07, 6.45) is 2.44. The summed E-state index contributed by atoms with van der Waals surface area (Å²) in [6.45, 7) is 4.69. The maximum absolute atomic E-state index is 12.8. The van der Waals surface area contributed by atoms with Crippen LogP contribution in [0.2, 0.25) is 0 Å². The zero-order valence-electron chi connectivity index (χ0n) is 17.1. The van der Waals surface area contributed by atoms with E-state index in [9.17, 15) is 18.4 Å². The van der Waals surface area contributed by atoms with E-state index in [4.69, 9.17) is 17.3 Å². The van der Waals surface area contributed by atoms with Gasteiger partial charge in [-0.25, -0.2) is 13.8 Å². The number of amides is 2. The van der Waals surface area contributed by atoms with Crippen molar-refractivity contribution >= 4 is 11.8 Å². The van der Waals surface area contributed by atoms with E-state index in [1.54, 1.807) is 31.3 Å². The fourth-order valence-electron chi connectivity index (χ4n) is 2.52. The predicted octanol–water partition coefficient (Wildman–Crippen LogP) is 3.00. The molecule has 30 heavy (non-hydrogen) atoms. The van der Waals surface area contributed by atoms with Crippen molar-refractivity contribution in [1.29, 1.82) is 0 Å². The lowest BCUT2D eigenvalue weighted by atomic mass is 10.1. The van der Waals surface area contributed by atoms with Gasteiger partial charge in [0.2, 0.25) is 0 Å². The van der Waals surface area contributed by atoms with Gasteiger partial charge in [0.1, 0.15) is 11.8 Å². The lowest BCUT2D eigenvalue weighted by Crippen LogP contribution is -2.24. The quantitative estimate of drug-likeness (QED) is 0.751. The van der Waals surface area contributed by atoms with E-state index in [1.807, 2.05) is 13.8 Å². The third-order valence-corrected chi connectivity index (χ3v) is 4.08. The van der Waals surface area contributed by atoms with Gasteiger partial charge in [0, 0.05) is 30.3 Å². The van der Waals surface area contributed by atoms with Crippen LogP contribution in [0.25, 0.3) is 11.3 Å². The van der Waals surface area contributed by atoms with Crippen molar-refractivity contribution in [1.82, 2.24) is 9.88 Å².